The molecule has 0 aliphatic heterocycles. The van der Waals surface area contributed by atoms with Crippen LogP contribution in [0.3, 0.4) is 0 Å². The first-order valence-electron chi connectivity index (χ1n) is 10.6. The van der Waals surface area contributed by atoms with Gasteiger partial charge in [-0.2, -0.15) is 0 Å². The van der Waals surface area contributed by atoms with E-state index in [1.54, 1.807) is 12.1 Å². The number of fused-ring (bicyclic) bond motifs is 3. The largest absolute Gasteiger partial charge is 0.491 e. The maximum atomic E-state index is 12.5. The van der Waals surface area contributed by atoms with E-state index in [4.69, 9.17) is 14.6 Å². The summed E-state index contributed by atoms with van der Waals surface area (Å²) in [5.41, 5.74) is 4.90. The second-order valence-electron chi connectivity index (χ2n) is 7.72. The number of hydrogen-bond acceptors (Lipinski definition) is 4. The minimum atomic E-state index is -0.986. The zero-order valence-corrected chi connectivity index (χ0v) is 17.8. The molecule has 1 atom stereocenters. The molecule has 32 heavy (non-hydrogen) atoms. The molecule has 1 aliphatic carbocycles. The topological polar surface area (TPSA) is 84.9 Å². The van der Waals surface area contributed by atoms with Crippen LogP contribution in [0, 0.1) is 0 Å². The lowest BCUT2D eigenvalue weighted by atomic mass is 9.98. The average Bonchev–Trinajstić information content (AvgIpc) is 3.14. The minimum absolute atomic E-state index is 0.0113. The first kappa shape index (κ1) is 21.4. The van der Waals surface area contributed by atoms with Crippen LogP contribution in [-0.4, -0.2) is 36.4 Å². The highest BCUT2D eigenvalue weighted by atomic mass is 16.5. The number of carbonyl (C=O) groups excluding carboxylic acids is 1. The predicted molar refractivity (Wildman–Crippen MR) is 121 cm³/mol. The van der Waals surface area contributed by atoms with Gasteiger partial charge in [0.15, 0.2) is 0 Å². The third kappa shape index (κ3) is 4.59. The number of aromatic carboxylic acids is 1. The van der Waals surface area contributed by atoms with Crippen LogP contribution >= 0.6 is 0 Å². The molecule has 0 radical (unpaired) electrons. The maximum absolute atomic E-state index is 12.5. The highest BCUT2D eigenvalue weighted by Crippen LogP contribution is 2.44. The van der Waals surface area contributed by atoms with Gasteiger partial charge in [-0.05, 0) is 52.9 Å². The molecule has 6 nitrogen and oxygen atoms in total. The molecule has 3 aromatic carbocycles. The van der Waals surface area contributed by atoms with E-state index < -0.39 is 12.1 Å². The second kappa shape index (κ2) is 9.56. The molecule has 0 fully saturated rings. The van der Waals surface area contributed by atoms with E-state index in [0.29, 0.717) is 12.2 Å². The molecule has 3 aromatic rings. The van der Waals surface area contributed by atoms with E-state index in [-0.39, 0.29) is 30.7 Å². The molecule has 0 aromatic heterocycles. The molecular formula is C26H25NO5. The van der Waals surface area contributed by atoms with Crippen LogP contribution in [0.2, 0.25) is 0 Å². The monoisotopic (exact) mass is 431 g/mol. The van der Waals surface area contributed by atoms with Gasteiger partial charge in [-0.1, -0.05) is 55.5 Å². The third-order valence-corrected chi connectivity index (χ3v) is 5.71. The Morgan fingerprint density at radius 2 is 1.53 bits per heavy atom. The Labute approximate surface area is 186 Å². The highest BCUT2D eigenvalue weighted by Gasteiger charge is 2.29. The van der Waals surface area contributed by atoms with Crippen LogP contribution < -0.4 is 10.1 Å². The lowest BCUT2D eigenvalue weighted by Crippen LogP contribution is -2.39. The minimum Gasteiger partial charge on any atom is -0.491 e. The van der Waals surface area contributed by atoms with Crippen molar-refractivity contribution in [2.75, 3.05) is 13.2 Å². The van der Waals surface area contributed by atoms with Crippen molar-refractivity contribution >= 4 is 12.1 Å². The zero-order chi connectivity index (χ0) is 22.5. The number of benzene rings is 3. The standard InChI is InChI=1S/C26H25NO5/c1-2-18(15-31-19-13-11-17(12-14-19)25(28)29)27-26(30)32-16-24-22-9-5-3-7-20(22)21-8-4-6-10-23(21)24/h3-14,18,24H,2,15-16H2,1H3,(H,27,30)(H,28,29). The van der Waals surface area contributed by atoms with Gasteiger partial charge in [-0.3, -0.25) is 0 Å². The van der Waals surface area contributed by atoms with E-state index >= 15 is 0 Å². The number of nitrogens with one attached hydrogen (secondary N) is 1. The van der Waals surface area contributed by atoms with Gasteiger partial charge in [-0.25, -0.2) is 9.59 Å². The van der Waals surface area contributed by atoms with Crippen LogP contribution in [0.1, 0.15) is 40.7 Å². The molecule has 0 heterocycles. The van der Waals surface area contributed by atoms with Crippen molar-refractivity contribution in [3.63, 3.8) is 0 Å². The van der Waals surface area contributed by atoms with Crippen LogP contribution in [0.4, 0.5) is 4.79 Å². The molecule has 0 spiro atoms. The van der Waals surface area contributed by atoms with E-state index in [9.17, 15) is 9.59 Å². The van der Waals surface area contributed by atoms with E-state index in [2.05, 4.69) is 29.6 Å². The number of carboxylic acid groups (broad SMARTS) is 1. The Hall–Kier alpha value is -3.80. The quantitative estimate of drug-likeness (QED) is 0.520. The fourth-order valence-electron chi connectivity index (χ4n) is 3.96. The summed E-state index contributed by atoms with van der Waals surface area (Å²) in [4.78, 5) is 23.4. The molecule has 0 saturated heterocycles. The number of carbonyl (C=O) groups is 2. The summed E-state index contributed by atoms with van der Waals surface area (Å²) in [7, 11) is 0. The zero-order valence-electron chi connectivity index (χ0n) is 17.8. The van der Waals surface area contributed by atoms with Gasteiger partial charge < -0.3 is 19.9 Å². The van der Waals surface area contributed by atoms with Crippen molar-refractivity contribution in [3.05, 3.63) is 89.5 Å². The van der Waals surface area contributed by atoms with Crippen LogP contribution in [0.5, 0.6) is 5.75 Å². The van der Waals surface area contributed by atoms with Crippen molar-refractivity contribution in [2.24, 2.45) is 0 Å². The summed E-state index contributed by atoms with van der Waals surface area (Å²) in [5.74, 6) is -0.431. The first-order chi connectivity index (χ1) is 15.6. The maximum Gasteiger partial charge on any atom is 0.407 e. The molecule has 2 N–H and O–H groups in total. The fourth-order valence-corrected chi connectivity index (χ4v) is 3.96. The molecule has 0 bridgehead atoms. The average molecular weight is 431 g/mol. The predicted octanol–water partition coefficient (Wildman–Crippen LogP) is 5.08. The molecule has 1 amide bonds. The Kier molecular flexibility index (Phi) is 6.40. The summed E-state index contributed by atoms with van der Waals surface area (Å²) < 4.78 is 11.3. The summed E-state index contributed by atoms with van der Waals surface area (Å²) in [5, 5.41) is 11.8. The summed E-state index contributed by atoms with van der Waals surface area (Å²) in [6.07, 6.45) is 0.181. The Bertz CT molecular complexity index is 1060. The molecule has 1 unspecified atom stereocenters. The second-order valence-corrected chi connectivity index (χ2v) is 7.72. The number of alkyl carbamates (subject to hydrolysis) is 1. The smallest absolute Gasteiger partial charge is 0.407 e. The van der Waals surface area contributed by atoms with Gasteiger partial charge in [0.05, 0.1) is 11.6 Å². The summed E-state index contributed by atoms with van der Waals surface area (Å²) >= 11 is 0. The molecular weight excluding hydrogens is 406 g/mol. The third-order valence-electron chi connectivity index (χ3n) is 5.71. The Morgan fingerprint density at radius 1 is 0.938 bits per heavy atom. The number of rotatable bonds is 8. The Morgan fingerprint density at radius 3 is 2.09 bits per heavy atom. The highest BCUT2D eigenvalue weighted by molar-refractivity contribution is 5.87. The van der Waals surface area contributed by atoms with Gasteiger partial charge >= 0.3 is 12.1 Å². The van der Waals surface area contributed by atoms with Crippen molar-refractivity contribution < 1.29 is 24.2 Å². The fraction of sp³-hybridized carbons (Fsp3) is 0.231. The lowest BCUT2D eigenvalue weighted by molar-refractivity contribution is 0.0696. The van der Waals surface area contributed by atoms with E-state index in [1.165, 1.54) is 34.4 Å². The summed E-state index contributed by atoms with van der Waals surface area (Å²) in [6.45, 7) is 2.46. The van der Waals surface area contributed by atoms with Gasteiger partial charge in [0.1, 0.15) is 19.0 Å². The van der Waals surface area contributed by atoms with Gasteiger partial charge in [-0.15, -0.1) is 0 Å². The van der Waals surface area contributed by atoms with Crippen LogP contribution in [0.15, 0.2) is 72.8 Å². The van der Waals surface area contributed by atoms with E-state index in [0.717, 1.165) is 0 Å². The molecule has 1 aliphatic rings. The molecule has 0 saturated carbocycles. The normalized spacial score (nSPS) is 13.0. The number of ether oxygens (including phenoxy) is 2. The SMILES string of the molecule is CCC(COc1ccc(C(=O)O)cc1)NC(=O)OCC1c2ccccc2-c2ccccc21. The number of carboxylic acids is 1. The first-order valence-corrected chi connectivity index (χ1v) is 10.6. The molecule has 4 rings (SSSR count). The number of amides is 1. The van der Waals surface area contributed by atoms with Crippen molar-refractivity contribution in [2.45, 2.75) is 25.3 Å². The van der Waals surface area contributed by atoms with Crippen LogP contribution in [-0.2, 0) is 4.74 Å². The molecule has 6 heteroatoms. The van der Waals surface area contributed by atoms with Crippen LogP contribution in [0.25, 0.3) is 11.1 Å². The van der Waals surface area contributed by atoms with Crippen molar-refractivity contribution in [3.8, 4) is 16.9 Å². The number of hydrogen-bond donors (Lipinski definition) is 2. The summed E-state index contributed by atoms with van der Waals surface area (Å²) in [6, 6.07) is 22.4. The van der Waals surface area contributed by atoms with Gasteiger partial charge in [0.2, 0.25) is 0 Å². The van der Waals surface area contributed by atoms with E-state index in [1.807, 2.05) is 31.2 Å². The van der Waals surface area contributed by atoms with Gasteiger partial charge in [0, 0.05) is 5.92 Å². The van der Waals surface area contributed by atoms with Crippen molar-refractivity contribution in [1.29, 1.82) is 0 Å². The Balaban J connectivity index is 1.32. The lowest BCUT2D eigenvalue weighted by Gasteiger charge is -2.19. The molecule has 164 valence electrons. The van der Waals surface area contributed by atoms with Crippen molar-refractivity contribution in [1.82, 2.24) is 5.32 Å². The van der Waals surface area contributed by atoms with Gasteiger partial charge in [0.25, 0.3) is 0 Å².